The molecule has 0 saturated heterocycles. The maximum atomic E-state index is 13.9. The van der Waals surface area contributed by atoms with Gasteiger partial charge in [-0.25, -0.2) is 9.97 Å². The number of rotatable bonds is 4. The molecule has 0 bridgehead atoms. The molecule has 180 valence electrons. The van der Waals surface area contributed by atoms with Gasteiger partial charge in [0.2, 0.25) is 0 Å². The molecule has 4 heterocycles. The van der Waals surface area contributed by atoms with Crippen molar-refractivity contribution in [1.29, 1.82) is 0 Å². The molecule has 1 unspecified atom stereocenters. The van der Waals surface area contributed by atoms with Gasteiger partial charge in [0, 0.05) is 35.3 Å². The van der Waals surface area contributed by atoms with Crippen LogP contribution in [0.5, 0.6) is 0 Å². The fourth-order valence-corrected chi connectivity index (χ4v) is 5.90. The zero-order chi connectivity index (χ0) is 24.4. The van der Waals surface area contributed by atoms with Crippen LogP contribution in [-0.2, 0) is 17.6 Å². The quantitative estimate of drug-likeness (QED) is 0.418. The van der Waals surface area contributed by atoms with Gasteiger partial charge in [-0.1, -0.05) is 6.92 Å². The summed E-state index contributed by atoms with van der Waals surface area (Å²) >= 11 is 3.48. The average molecular weight is 536 g/mol. The first-order valence-electron chi connectivity index (χ1n) is 12.0. The van der Waals surface area contributed by atoms with Gasteiger partial charge in [0.15, 0.2) is 0 Å². The Labute approximate surface area is 210 Å². The molecule has 6 rings (SSSR count). The standard InChI is InChI=1S/C26H26BrN5O3/c1-4-14-9-21-20(30-25(33)22-12-29-24(32(21)22)16-7-18(8-16)35-3)10-19(14)26(34)31-13(2)5-15-6-17(27)11-28-23(15)31/h6,9-13,16,18H,4-5,7-8H2,1-3H3,(H,30,33). The first kappa shape index (κ1) is 22.4. The molecule has 1 aliphatic heterocycles. The summed E-state index contributed by atoms with van der Waals surface area (Å²) in [7, 11) is 1.73. The number of halogens is 1. The lowest BCUT2D eigenvalue weighted by Gasteiger charge is -2.33. The molecule has 1 aromatic carbocycles. The molecule has 1 atom stereocenters. The summed E-state index contributed by atoms with van der Waals surface area (Å²) in [6, 6.07) is 5.87. The number of fused-ring (bicyclic) bond motifs is 4. The maximum absolute atomic E-state index is 13.9. The number of ether oxygens (including phenoxy) is 1. The van der Waals surface area contributed by atoms with E-state index < -0.39 is 0 Å². The Hall–Kier alpha value is -3.04. The van der Waals surface area contributed by atoms with Crippen LogP contribution in [0.2, 0.25) is 0 Å². The SMILES string of the molecule is CCc1cc2c(cc1C(=O)N1c3ncc(Br)cc3CC1C)[nH]c(=O)c1cnc(C3CC(OC)C3)n12. The van der Waals surface area contributed by atoms with Crippen LogP contribution in [0.1, 0.15) is 59.9 Å². The molecule has 0 spiro atoms. The Morgan fingerprint density at radius 2 is 2.00 bits per heavy atom. The minimum Gasteiger partial charge on any atom is -0.381 e. The van der Waals surface area contributed by atoms with Crippen LogP contribution in [0, 0.1) is 0 Å². The zero-order valence-corrected chi connectivity index (χ0v) is 21.4. The third kappa shape index (κ3) is 3.43. The van der Waals surface area contributed by atoms with Gasteiger partial charge < -0.3 is 9.72 Å². The Morgan fingerprint density at radius 1 is 1.20 bits per heavy atom. The number of carbonyl (C=O) groups is 1. The Bertz CT molecular complexity index is 1550. The molecule has 1 amide bonds. The average Bonchev–Trinajstić information content (AvgIpc) is 3.38. The maximum Gasteiger partial charge on any atom is 0.274 e. The van der Waals surface area contributed by atoms with Crippen LogP contribution in [0.4, 0.5) is 5.82 Å². The predicted octanol–water partition coefficient (Wildman–Crippen LogP) is 4.38. The van der Waals surface area contributed by atoms with Gasteiger partial charge in [-0.15, -0.1) is 0 Å². The van der Waals surface area contributed by atoms with Crippen LogP contribution in [0.15, 0.2) is 39.9 Å². The van der Waals surface area contributed by atoms with E-state index in [4.69, 9.17) is 4.74 Å². The van der Waals surface area contributed by atoms with Gasteiger partial charge >= 0.3 is 0 Å². The molecule has 1 aliphatic carbocycles. The van der Waals surface area contributed by atoms with Crippen LogP contribution >= 0.6 is 15.9 Å². The van der Waals surface area contributed by atoms with E-state index in [1.165, 1.54) is 0 Å². The van der Waals surface area contributed by atoms with Crippen molar-refractivity contribution >= 4 is 44.2 Å². The molecule has 1 N–H and O–H groups in total. The van der Waals surface area contributed by atoms with Gasteiger partial charge in [-0.3, -0.25) is 18.9 Å². The van der Waals surface area contributed by atoms with E-state index in [0.29, 0.717) is 28.8 Å². The van der Waals surface area contributed by atoms with Crippen molar-refractivity contribution in [3.05, 3.63) is 67.9 Å². The monoisotopic (exact) mass is 535 g/mol. The third-order valence-corrected chi connectivity index (χ3v) is 7.88. The largest absolute Gasteiger partial charge is 0.381 e. The summed E-state index contributed by atoms with van der Waals surface area (Å²) in [5, 5.41) is 0. The number of carbonyl (C=O) groups excluding carboxylic acids is 1. The first-order valence-corrected chi connectivity index (χ1v) is 12.8. The first-order chi connectivity index (χ1) is 16.9. The summed E-state index contributed by atoms with van der Waals surface area (Å²) in [6.45, 7) is 4.08. The second-order valence-corrected chi connectivity index (χ2v) is 10.5. The van der Waals surface area contributed by atoms with Crippen LogP contribution in [0.3, 0.4) is 0 Å². The molecule has 8 nitrogen and oxygen atoms in total. The fraction of sp³-hybridized carbons (Fsp3) is 0.385. The number of amides is 1. The molecule has 1 saturated carbocycles. The summed E-state index contributed by atoms with van der Waals surface area (Å²) < 4.78 is 8.32. The van der Waals surface area contributed by atoms with Crippen LogP contribution < -0.4 is 10.5 Å². The lowest BCUT2D eigenvalue weighted by molar-refractivity contribution is 0.0236. The number of benzene rings is 1. The van der Waals surface area contributed by atoms with Crippen molar-refractivity contribution in [2.45, 2.75) is 57.6 Å². The van der Waals surface area contributed by atoms with E-state index in [-0.39, 0.29) is 29.5 Å². The highest BCUT2D eigenvalue weighted by atomic mass is 79.9. The second kappa shape index (κ2) is 8.27. The van der Waals surface area contributed by atoms with E-state index in [1.807, 2.05) is 36.4 Å². The number of pyridine rings is 1. The number of hydrogen-bond acceptors (Lipinski definition) is 5. The lowest BCUT2D eigenvalue weighted by atomic mass is 9.81. The van der Waals surface area contributed by atoms with Crippen LogP contribution in [-0.4, -0.2) is 44.5 Å². The molecule has 9 heteroatoms. The number of H-pyrrole nitrogens is 1. The van der Waals surface area contributed by atoms with Gasteiger partial charge in [-0.05, 0) is 77.9 Å². The minimum absolute atomic E-state index is 0.00571. The topological polar surface area (TPSA) is 92.6 Å². The third-order valence-electron chi connectivity index (χ3n) is 7.45. The Kier molecular flexibility index (Phi) is 5.30. The number of anilines is 1. The number of aromatic amines is 1. The molecule has 1 fully saturated rings. The Morgan fingerprint density at radius 3 is 2.74 bits per heavy atom. The van der Waals surface area contributed by atoms with E-state index >= 15 is 0 Å². The van der Waals surface area contributed by atoms with Crippen molar-refractivity contribution in [3.63, 3.8) is 0 Å². The molecule has 3 aromatic heterocycles. The summed E-state index contributed by atoms with van der Waals surface area (Å²) in [4.78, 5) is 40.7. The number of aryl methyl sites for hydroxylation is 1. The number of hydrogen-bond donors (Lipinski definition) is 1. The molecule has 35 heavy (non-hydrogen) atoms. The molecule has 4 aromatic rings. The molecule has 2 aliphatic rings. The van der Waals surface area contributed by atoms with E-state index in [2.05, 4.69) is 30.9 Å². The van der Waals surface area contributed by atoms with Crippen molar-refractivity contribution in [1.82, 2.24) is 19.4 Å². The number of nitrogens with zero attached hydrogens (tertiary/aromatic N) is 4. The van der Waals surface area contributed by atoms with Gasteiger partial charge in [0.1, 0.15) is 17.2 Å². The van der Waals surface area contributed by atoms with E-state index in [9.17, 15) is 9.59 Å². The van der Waals surface area contributed by atoms with Gasteiger partial charge in [-0.2, -0.15) is 0 Å². The van der Waals surface area contributed by atoms with E-state index in [0.717, 1.165) is 46.2 Å². The predicted molar refractivity (Wildman–Crippen MR) is 137 cm³/mol. The van der Waals surface area contributed by atoms with Crippen molar-refractivity contribution in [3.8, 4) is 0 Å². The summed E-state index contributed by atoms with van der Waals surface area (Å²) in [5.41, 5.74) is 4.35. The van der Waals surface area contributed by atoms with Crippen molar-refractivity contribution < 1.29 is 9.53 Å². The highest BCUT2D eigenvalue weighted by Gasteiger charge is 2.35. The fourth-order valence-electron chi connectivity index (χ4n) is 5.52. The number of imidazole rings is 1. The molecule has 0 radical (unpaired) electrons. The number of nitrogens with one attached hydrogen (secondary N) is 1. The lowest BCUT2D eigenvalue weighted by Crippen LogP contribution is -2.36. The summed E-state index contributed by atoms with van der Waals surface area (Å²) in [5.74, 6) is 1.72. The minimum atomic E-state index is -0.215. The highest BCUT2D eigenvalue weighted by Crippen LogP contribution is 2.39. The number of aromatic nitrogens is 4. The number of methoxy groups -OCH3 is 1. The zero-order valence-electron chi connectivity index (χ0n) is 19.8. The molecular formula is C26H26BrN5O3. The second-order valence-electron chi connectivity index (χ2n) is 9.56. The highest BCUT2D eigenvalue weighted by molar-refractivity contribution is 9.10. The smallest absolute Gasteiger partial charge is 0.274 e. The summed E-state index contributed by atoms with van der Waals surface area (Å²) in [6.07, 6.45) is 6.80. The van der Waals surface area contributed by atoms with Gasteiger partial charge in [0.05, 0.1) is 23.3 Å². The normalized spacial score (nSPS) is 21.5. The van der Waals surface area contributed by atoms with Crippen molar-refractivity contribution in [2.24, 2.45) is 0 Å². The van der Waals surface area contributed by atoms with Crippen LogP contribution in [0.25, 0.3) is 16.6 Å². The van der Waals surface area contributed by atoms with Gasteiger partial charge in [0.25, 0.3) is 11.5 Å². The molecular weight excluding hydrogens is 510 g/mol. The Balaban J connectivity index is 1.49. The van der Waals surface area contributed by atoms with Crippen molar-refractivity contribution in [2.75, 3.05) is 12.0 Å². The van der Waals surface area contributed by atoms with E-state index in [1.54, 1.807) is 24.4 Å².